The van der Waals surface area contributed by atoms with Gasteiger partial charge in [0, 0.05) is 18.1 Å². The number of carbonyl (C=O) groups is 1. The van der Waals surface area contributed by atoms with Gasteiger partial charge in [0.25, 0.3) is 5.91 Å². The molecule has 2 N–H and O–H groups in total. The molecule has 0 unspecified atom stereocenters. The van der Waals surface area contributed by atoms with Crippen LogP contribution >= 0.6 is 11.3 Å². The van der Waals surface area contributed by atoms with Gasteiger partial charge in [0.2, 0.25) is 0 Å². The number of thiophene rings is 1. The maximum Gasteiger partial charge on any atom is 0.399 e. The highest BCUT2D eigenvalue weighted by Gasteiger charge is 2.39. The van der Waals surface area contributed by atoms with E-state index in [2.05, 4.69) is 15.6 Å². The summed E-state index contributed by atoms with van der Waals surface area (Å²) in [5.41, 5.74) is 0. The number of nitrogens with one attached hydrogen (secondary N) is 2. The van der Waals surface area contributed by atoms with Gasteiger partial charge in [0.15, 0.2) is 5.06 Å². The lowest BCUT2D eigenvalue weighted by molar-refractivity contribution is 0.0935. The molecule has 2 fully saturated rings. The molecule has 2 bridgehead atoms. The number of carbonyl (C=O) groups excluding carboxylic acids is 1. The molecule has 2 aromatic rings. The summed E-state index contributed by atoms with van der Waals surface area (Å²) >= 11 is 1.29. The smallest absolute Gasteiger partial charge is 0.399 e. The van der Waals surface area contributed by atoms with E-state index in [9.17, 15) is 4.79 Å². The number of hydrogen-bond donors (Lipinski definition) is 2. The Morgan fingerprint density at radius 3 is 3.14 bits per heavy atom. The fourth-order valence-electron chi connectivity index (χ4n) is 3.07. The van der Waals surface area contributed by atoms with Crippen LogP contribution in [0.4, 0.5) is 0 Å². The number of nitrogens with zero attached hydrogens (tertiary/aromatic N) is 1. The quantitative estimate of drug-likeness (QED) is 0.905. The van der Waals surface area contributed by atoms with E-state index >= 15 is 0 Å². The molecular weight excluding hydrogens is 290 g/mol. The zero-order chi connectivity index (χ0) is 14.2. The molecule has 4 rings (SSSR count). The van der Waals surface area contributed by atoms with Gasteiger partial charge in [-0.25, -0.2) is 0 Å². The Balaban J connectivity index is 1.39. The predicted octanol–water partition coefficient (Wildman–Crippen LogP) is 2.15. The van der Waals surface area contributed by atoms with Crippen LogP contribution in [-0.4, -0.2) is 29.0 Å². The van der Waals surface area contributed by atoms with E-state index in [-0.39, 0.29) is 18.0 Å². The summed E-state index contributed by atoms with van der Waals surface area (Å²) in [6.45, 7) is 0. The first-order chi connectivity index (χ1) is 10.3. The van der Waals surface area contributed by atoms with Crippen LogP contribution in [-0.2, 0) is 0 Å². The molecule has 0 radical (unpaired) electrons. The molecule has 110 valence electrons. The lowest BCUT2D eigenvalue weighted by atomic mass is 9.95. The van der Waals surface area contributed by atoms with Crippen molar-refractivity contribution in [1.29, 1.82) is 0 Å². The summed E-state index contributed by atoms with van der Waals surface area (Å²) in [6.07, 6.45) is 6.54. The zero-order valence-corrected chi connectivity index (χ0v) is 12.1. The Hall–Kier alpha value is -1.86. The predicted molar refractivity (Wildman–Crippen MR) is 76.7 cm³/mol. The minimum absolute atomic E-state index is 0.0402. The molecule has 4 heterocycles. The van der Waals surface area contributed by atoms with Gasteiger partial charge in [0.1, 0.15) is 6.26 Å². The second kappa shape index (κ2) is 5.16. The molecule has 1 amide bonds. The average Bonchev–Trinajstić information content (AvgIpc) is 3.24. The van der Waals surface area contributed by atoms with E-state index < -0.39 is 0 Å². The fraction of sp³-hybridized carbons (Fsp3) is 0.429. The van der Waals surface area contributed by atoms with Gasteiger partial charge in [-0.3, -0.25) is 4.79 Å². The van der Waals surface area contributed by atoms with Crippen molar-refractivity contribution >= 4 is 17.2 Å². The largest absolute Gasteiger partial charge is 0.417 e. The Labute approximate surface area is 125 Å². The summed E-state index contributed by atoms with van der Waals surface area (Å²) in [5, 5.41) is 7.22. The number of ether oxygens (including phenoxy) is 1. The standard InChI is InChI=1S/C14H15N3O3S/c18-13(17-10-7-8-1-2-9(10)16-8)11-3-4-12(21-11)20-14-15-5-6-19-14/h3-6,8-10,16H,1-2,7H2,(H,17,18)/t8-,9+,10-/m1/s1. The highest BCUT2D eigenvalue weighted by molar-refractivity contribution is 7.15. The monoisotopic (exact) mass is 305 g/mol. The molecule has 3 atom stereocenters. The lowest BCUT2D eigenvalue weighted by Crippen LogP contribution is -2.42. The van der Waals surface area contributed by atoms with Crippen LogP contribution in [0.25, 0.3) is 0 Å². The van der Waals surface area contributed by atoms with E-state index in [0.717, 1.165) is 12.8 Å². The number of aromatic nitrogens is 1. The highest BCUT2D eigenvalue weighted by atomic mass is 32.1. The van der Waals surface area contributed by atoms with Crippen molar-refractivity contribution in [3.8, 4) is 11.1 Å². The molecule has 2 aliphatic rings. The Kier molecular flexibility index (Phi) is 3.16. The summed E-state index contributed by atoms with van der Waals surface area (Å²) in [6, 6.07) is 4.77. The van der Waals surface area contributed by atoms with Crippen LogP contribution in [0.1, 0.15) is 28.9 Å². The lowest BCUT2D eigenvalue weighted by Gasteiger charge is -2.20. The normalized spacial score (nSPS) is 27.0. The van der Waals surface area contributed by atoms with Crippen molar-refractivity contribution in [2.75, 3.05) is 0 Å². The van der Waals surface area contributed by atoms with Gasteiger partial charge in [-0.15, -0.1) is 0 Å². The summed E-state index contributed by atoms with van der Waals surface area (Å²) < 4.78 is 10.4. The number of rotatable bonds is 4. The third-order valence-electron chi connectivity index (χ3n) is 4.02. The molecule has 7 heteroatoms. The van der Waals surface area contributed by atoms with Crippen molar-refractivity contribution in [3.05, 3.63) is 29.5 Å². The second-order valence-corrected chi connectivity index (χ2v) is 6.43. The maximum atomic E-state index is 12.3. The molecule has 0 aliphatic carbocycles. The number of amides is 1. The van der Waals surface area contributed by atoms with Gasteiger partial charge >= 0.3 is 6.08 Å². The Morgan fingerprint density at radius 2 is 2.43 bits per heavy atom. The van der Waals surface area contributed by atoms with Crippen molar-refractivity contribution < 1.29 is 13.9 Å². The molecule has 2 saturated heterocycles. The third kappa shape index (κ3) is 2.54. The van der Waals surface area contributed by atoms with Gasteiger partial charge < -0.3 is 19.8 Å². The second-order valence-electron chi connectivity index (χ2n) is 5.38. The molecule has 2 aliphatic heterocycles. The molecule has 2 aromatic heterocycles. The maximum absolute atomic E-state index is 12.3. The first-order valence-electron chi connectivity index (χ1n) is 7.02. The third-order valence-corrected chi connectivity index (χ3v) is 4.98. The van der Waals surface area contributed by atoms with Crippen molar-refractivity contribution in [2.24, 2.45) is 0 Å². The van der Waals surface area contributed by atoms with E-state index in [1.165, 1.54) is 30.2 Å². The molecule has 0 aromatic carbocycles. The first kappa shape index (κ1) is 12.8. The van der Waals surface area contributed by atoms with Gasteiger partial charge in [-0.2, -0.15) is 4.98 Å². The van der Waals surface area contributed by atoms with Crippen LogP contribution in [0.15, 0.2) is 29.0 Å². The number of oxazole rings is 1. The Morgan fingerprint density at radius 1 is 1.48 bits per heavy atom. The molecule has 0 spiro atoms. The van der Waals surface area contributed by atoms with E-state index in [1.807, 2.05) is 0 Å². The minimum Gasteiger partial charge on any atom is -0.417 e. The summed E-state index contributed by atoms with van der Waals surface area (Å²) in [4.78, 5) is 16.8. The highest BCUT2D eigenvalue weighted by Crippen LogP contribution is 2.31. The minimum atomic E-state index is -0.0402. The van der Waals surface area contributed by atoms with Crippen molar-refractivity contribution in [1.82, 2.24) is 15.6 Å². The van der Waals surface area contributed by atoms with Crippen LogP contribution in [0.5, 0.6) is 11.1 Å². The van der Waals surface area contributed by atoms with E-state index in [1.54, 1.807) is 12.1 Å². The van der Waals surface area contributed by atoms with Crippen molar-refractivity contribution in [2.45, 2.75) is 37.4 Å². The van der Waals surface area contributed by atoms with E-state index in [0.29, 0.717) is 22.0 Å². The number of fused-ring (bicyclic) bond motifs is 2. The summed E-state index contributed by atoms with van der Waals surface area (Å²) in [5.74, 6) is -0.0402. The topological polar surface area (TPSA) is 76.4 Å². The molecule has 6 nitrogen and oxygen atoms in total. The first-order valence-corrected chi connectivity index (χ1v) is 7.84. The van der Waals surface area contributed by atoms with Gasteiger partial charge in [0.05, 0.1) is 11.1 Å². The average molecular weight is 305 g/mol. The molecular formula is C14H15N3O3S. The van der Waals surface area contributed by atoms with Crippen LogP contribution in [0.3, 0.4) is 0 Å². The summed E-state index contributed by atoms with van der Waals surface area (Å²) in [7, 11) is 0. The van der Waals surface area contributed by atoms with E-state index in [4.69, 9.17) is 9.15 Å². The number of hydrogen-bond acceptors (Lipinski definition) is 6. The molecule has 0 saturated carbocycles. The zero-order valence-electron chi connectivity index (χ0n) is 11.2. The van der Waals surface area contributed by atoms with Crippen LogP contribution in [0.2, 0.25) is 0 Å². The fourth-order valence-corrected chi connectivity index (χ4v) is 3.82. The molecule has 21 heavy (non-hydrogen) atoms. The Bertz CT molecular complexity index is 640. The van der Waals surface area contributed by atoms with Crippen molar-refractivity contribution in [3.63, 3.8) is 0 Å². The van der Waals surface area contributed by atoms with Gasteiger partial charge in [-0.05, 0) is 31.4 Å². The van der Waals surface area contributed by atoms with Crippen LogP contribution < -0.4 is 15.4 Å². The van der Waals surface area contributed by atoms with Crippen LogP contribution in [0, 0.1) is 0 Å². The van der Waals surface area contributed by atoms with Gasteiger partial charge in [-0.1, -0.05) is 11.3 Å². The SMILES string of the molecule is O=C(N[C@@H]1C[C@H]2CC[C@@H]1N2)c1ccc(Oc2ncco2)s1.